The number of pyridine rings is 3. The number of hydrogen-bond acceptors (Lipinski definition) is 8. The van der Waals surface area contributed by atoms with Gasteiger partial charge in [-0.2, -0.15) is 0 Å². The average Bonchev–Trinajstić information content (AvgIpc) is 2.82. The summed E-state index contributed by atoms with van der Waals surface area (Å²) in [6.45, 7) is 6.97. The highest BCUT2D eigenvalue weighted by Crippen LogP contribution is 2.34. The number of nitrogens with zero attached hydrogens (tertiary/aromatic N) is 3. The van der Waals surface area contributed by atoms with Gasteiger partial charge in [-0.1, -0.05) is 19.9 Å². The largest absolute Gasteiger partial charge is 0.481 e. The Morgan fingerprint density at radius 1 is 1.19 bits per heavy atom. The molecule has 0 spiro atoms. The average molecular weight is 435 g/mol. The van der Waals surface area contributed by atoms with Crippen LogP contribution >= 0.6 is 0 Å². The number of hydrogen-bond donors (Lipinski definition) is 3. The van der Waals surface area contributed by atoms with Crippen LogP contribution in [0.4, 0.5) is 11.5 Å². The Labute approximate surface area is 189 Å². The van der Waals surface area contributed by atoms with Gasteiger partial charge in [-0.05, 0) is 36.6 Å². The van der Waals surface area contributed by atoms with Crippen LogP contribution < -0.4 is 20.1 Å². The molecule has 0 unspecified atom stereocenters. The van der Waals surface area contributed by atoms with E-state index in [1.165, 1.54) is 0 Å². The van der Waals surface area contributed by atoms with E-state index in [1.807, 2.05) is 58.2 Å². The first kappa shape index (κ1) is 23.0. The highest BCUT2D eigenvalue weighted by atomic mass is 16.5. The molecule has 0 radical (unpaired) electrons. The predicted molar refractivity (Wildman–Crippen MR) is 128 cm³/mol. The third-order valence-electron chi connectivity index (χ3n) is 4.92. The van der Waals surface area contributed by atoms with Gasteiger partial charge in [-0.15, -0.1) is 0 Å². The van der Waals surface area contributed by atoms with Gasteiger partial charge in [0.2, 0.25) is 11.8 Å². The van der Waals surface area contributed by atoms with Crippen molar-refractivity contribution in [1.82, 2.24) is 15.0 Å². The Bertz CT molecular complexity index is 1070. The molecule has 3 N–H and O–H groups in total. The fourth-order valence-electron chi connectivity index (χ4n) is 3.24. The van der Waals surface area contributed by atoms with Crippen LogP contribution in [-0.2, 0) is 6.54 Å². The van der Waals surface area contributed by atoms with Crippen LogP contribution in [0, 0.1) is 11.3 Å². The Kier molecular flexibility index (Phi) is 7.59. The molecule has 0 aliphatic rings. The van der Waals surface area contributed by atoms with E-state index in [1.54, 1.807) is 19.5 Å². The minimum atomic E-state index is 0.0373. The third-order valence-corrected chi connectivity index (χ3v) is 4.92. The first-order valence-corrected chi connectivity index (χ1v) is 10.6. The summed E-state index contributed by atoms with van der Waals surface area (Å²) in [4.78, 5) is 13.4. The number of rotatable bonds is 10. The van der Waals surface area contributed by atoms with Gasteiger partial charge in [-0.25, -0.2) is 15.0 Å². The molecule has 168 valence electrons. The molecular weight excluding hydrogens is 404 g/mol. The molecule has 3 rings (SSSR count). The predicted octanol–water partition coefficient (Wildman–Crippen LogP) is 4.62. The summed E-state index contributed by atoms with van der Waals surface area (Å²) < 4.78 is 10.9. The number of ether oxygens (including phenoxy) is 2. The topological polar surface area (TPSA) is 105 Å². The molecule has 0 saturated carbocycles. The van der Waals surface area contributed by atoms with Crippen LogP contribution in [0.3, 0.4) is 0 Å². The Morgan fingerprint density at radius 3 is 2.62 bits per heavy atom. The maximum Gasteiger partial charge on any atom is 0.222 e. The van der Waals surface area contributed by atoms with E-state index in [0.29, 0.717) is 42.1 Å². The van der Waals surface area contributed by atoms with Crippen molar-refractivity contribution in [1.29, 1.82) is 5.41 Å². The van der Waals surface area contributed by atoms with E-state index in [2.05, 4.69) is 20.6 Å². The summed E-state index contributed by atoms with van der Waals surface area (Å²) in [5.41, 5.74) is 4.55. The van der Waals surface area contributed by atoms with Crippen molar-refractivity contribution < 1.29 is 9.47 Å². The molecule has 0 amide bonds. The van der Waals surface area contributed by atoms with E-state index < -0.39 is 0 Å². The minimum absolute atomic E-state index is 0.0373. The minimum Gasteiger partial charge on any atom is -0.481 e. The zero-order valence-corrected chi connectivity index (χ0v) is 19.2. The molecular formula is C24H30N6O2. The lowest BCUT2D eigenvalue weighted by molar-refractivity contribution is 0.328. The zero-order chi connectivity index (χ0) is 23.1. The van der Waals surface area contributed by atoms with Crippen LogP contribution in [-0.4, -0.2) is 41.4 Å². The summed E-state index contributed by atoms with van der Waals surface area (Å²) in [5, 5.41) is 15.3. The van der Waals surface area contributed by atoms with Gasteiger partial charge in [0.05, 0.1) is 30.5 Å². The number of anilines is 2. The summed E-state index contributed by atoms with van der Waals surface area (Å²) in [6, 6.07) is 9.53. The normalized spacial score (nSPS) is 10.7. The first-order chi connectivity index (χ1) is 15.5. The molecule has 32 heavy (non-hydrogen) atoms. The maximum atomic E-state index is 8.70. The standard InChI is InChI=1S/C24H30N6O2/c1-6-32-24-17(8-7-11-27-24)18-12-19(21(22(25)15(2)3)23(26-4)30-18)28-13-16-9-10-20(31-5)29-14-16/h7-12,14-15,25H,6,13H2,1-5H3,(H2,26,28,30). The van der Waals surface area contributed by atoms with Crippen molar-refractivity contribution in [2.24, 2.45) is 5.92 Å². The van der Waals surface area contributed by atoms with Crippen LogP contribution in [0.15, 0.2) is 42.7 Å². The molecule has 3 heterocycles. The summed E-state index contributed by atoms with van der Waals surface area (Å²) in [5.74, 6) is 1.76. The van der Waals surface area contributed by atoms with Crippen molar-refractivity contribution in [2.45, 2.75) is 27.3 Å². The van der Waals surface area contributed by atoms with Gasteiger partial charge in [0.1, 0.15) is 5.82 Å². The highest BCUT2D eigenvalue weighted by Gasteiger charge is 2.20. The molecule has 0 aliphatic heterocycles. The second-order valence-corrected chi connectivity index (χ2v) is 7.45. The van der Waals surface area contributed by atoms with Gasteiger partial charge in [0.25, 0.3) is 0 Å². The van der Waals surface area contributed by atoms with Gasteiger partial charge in [-0.3, -0.25) is 0 Å². The van der Waals surface area contributed by atoms with Gasteiger partial charge >= 0.3 is 0 Å². The van der Waals surface area contributed by atoms with Crippen molar-refractivity contribution >= 4 is 17.2 Å². The molecule has 0 aliphatic carbocycles. The van der Waals surface area contributed by atoms with Crippen LogP contribution in [0.1, 0.15) is 31.9 Å². The lowest BCUT2D eigenvalue weighted by Gasteiger charge is -2.20. The highest BCUT2D eigenvalue weighted by molar-refractivity contribution is 6.08. The molecule has 0 aromatic carbocycles. The second-order valence-electron chi connectivity index (χ2n) is 7.45. The SMILES string of the molecule is CCOc1ncccc1-c1cc(NCc2ccc(OC)nc2)c(C(=N)C(C)C)c(NC)n1. The van der Waals surface area contributed by atoms with E-state index >= 15 is 0 Å². The molecule has 0 saturated heterocycles. The molecule has 3 aromatic heterocycles. The van der Waals surface area contributed by atoms with Gasteiger partial charge in [0.15, 0.2) is 0 Å². The van der Waals surface area contributed by atoms with E-state index in [-0.39, 0.29) is 5.92 Å². The molecule has 0 atom stereocenters. The fourth-order valence-corrected chi connectivity index (χ4v) is 3.24. The summed E-state index contributed by atoms with van der Waals surface area (Å²) in [7, 11) is 3.41. The number of methoxy groups -OCH3 is 1. The van der Waals surface area contributed by atoms with Crippen molar-refractivity contribution in [2.75, 3.05) is 31.4 Å². The summed E-state index contributed by atoms with van der Waals surface area (Å²) in [6.07, 6.45) is 3.47. The van der Waals surface area contributed by atoms with E-state index in [4.69, 9.17) is 19.9 Å². The van der Waals surface area contributed by atoms with Crippen LogP contribution in [0.2, 0.25) is 0 Å². The van der Waals surface area contributed by atoms with Gasteiger partial charge < -0.3 is 25.5 Å². The summed E-state index contributed by atoms with van der Waals surface area (Å²) >= 11 is 0. The maximum absolute atomic E-state index is 8.70. The lowest BCUT2D eigenvalue weighted by atomic mass is 9.97. The third kappa shape index (κ3) is 5.14. The zero-order valence-electron chi connectivity index (χ0n) is 19.2. The molecule has 8 heteroatoms. The molecule has 3 aromatic rings. The van der Waals surface area contributed by atoms with Crippen molar-refractivity contribution in [3.05, 3.63) is 53.9 Å². The lowest BCUT2D eigenvalue weighted by Crippen LogP contribution is -2.16. The van der Waals surface area contributed by atoms with Crippen molar-refractivity contribution in [3.8, 4) is 23.0 Å². The second kappa shape index (κ2) is 10.6. The Morgan fingerprint density at radius 2 is 2.00 bits per heavy atom. The van der Waals surface area contributed by atoms with Gasteiger partial charge in [0, 0.05) is 43.5 Å². The molecule has 0 fully saturated rings. The molecule has 8 nitrogen and oxygen atoms in total. The number of aromatic nitrogens is 3. The van der Waals surface area contributed by atoms with Crippen LogP contribution in [0.25, 0.3) is 11.3 Å². The quantitative estimate of drug-likeness (QED) is 0.400. The fraction of sp³-hybridized carbons (Fsp3) is 0.333. The van der Waals surface area contributed by atoms with E-state index in [9.17, 15) is 0 Å². The first-order valence-electron chi connectivity index (χ1n) is 10.6. The molecule has 0 bridgehead atoms. The monoisotopic (exact) mass is 434 g/mol. The Balaban J connectivity index is 2.07. The van der Waals surface area contributed by atoms with Crippen molar-refractivity contribution in [3.63, 3.8) is 0 Å². The van der Waals surface area contributed by atoms with Crippen LogP contribution in [0.5, 0.6) is 11.8 Å². The van der Waals surface area contributed by atoms with E-state index in [0.717, 1.165) is 22.4 Å². The Hall–Kier alpha value is -3.68. The number of nitrogens with one attached hydrogen (secondary N) is 3. The smallest absolute Gasteiger partial charge is 0.222 e.